The van der Waals surface area contributed by atoms with Gasteiger partial charge < -0.3 is 20.1 Å². The highest BCUT2D eigenvalue weighted by Gasteiger charge is 2.25. The summed E-state index contributed by atoms with van der Waals surface area (Å²) in [6, 6.07) is 0. The van der Waals surface area contributed by atoms with Gasteiger partial charge in [0.15, 0.2) is 6.10 Å². The molecule has 0 radical (unpaired) electrons. The molecule has 10 heteroatoms. The summed E-state index contributed by atoms with van der Waals surface area (Å²) in [5.41, 5.74) is 5.33. The molecule has 0 amide bonds. The monoisotopic (exact) mass is 749 g/mol. The van der Waals surface area contributed by atoms with Gasteiger partial charge in [-0.15, -0.1) is 0 Å². The van der Waals surface area contributed by atoms with E-state index < -0.39 is 32.5 Å². The van der Waals surface area contributed by atoms with Crippen LogP contribution in [0.2, 0.25) is 0 Å². The van der Waals surface area contributed by atoms with E-state index in [1.54, 1.807) is 0 Å². The maximum absolute atomic E-state index is 12.5. The Bertz CT molecular complexity index is 1080. The molecule has 2 atom stereocenters. The van der Waals surface area contributed by atoms with E-state index in [1.807, 2.05) is 12.2 Å². The van der Waals surface area contributed by atoms with Gasteiger partial charge in [0.2, 0.25) is 0 Å². The lowest BCUT2D eigenvalue weighted by Crippen LogP contribution is -2.29. The summed E-state index contributed by atoms with van der Waals surface area (Å²) in [5, 5.41) is 0. The summed E-state index contributed by atoms with van der Waals surface area (Å²) >= 11 is 0. The quantitative estimate of drug-likeness (QED) is 0.0278. The van der Waals surface area contributed by atoms with E-state index in [9.17, 15) is 19.0 Å². The van der Waals surface area contributed by atoms with Gasteiger partial charge in [0, 0.05) is 19.4 Å². The lowest BCUT2D eigenvalue weighted by molar-refractivity contribution is -0.161. The highest BCUT2D eigenvalue weighted by molar-refractivity contribution is 7.47. The molecule has 1 unspecified atom stereocenters. The fourth-order valence-electron chi connectivity index (χ4n) is 4.95. The van der Waals surface area contributed by atoms with Crippen LogP contribution in [-0.2, 0) is 32.7 Å². The normalized spacial score (nSPS) is 14.2. The van der Waals surface area contributed by atoms with Gasteiger partial charge in [0.1, 0.15) is 6.61 Å². The van der Waals surface area contributed by atoms with Crippen LogP contribution >= 0.6 is 7.82 Å². The third-order valence-corrected chi connectivity index (χ3v) is 8.85. The fourth-order valence-corrected chi connectivity index (χ4v) is 5.72. The zero-order valence-corrected chi connectivity index (χ0v) is 33.4. The molecule has 0 heterocycles. The van der Waals surface area contributed by atoms with E-state index in [0.717, 1.165) is 57.8 Å². The van der Waals surface area contributed by atoms with E-state index in [1.165, 1.54) is 57.8 Å². The molecular formula is C42H72NO8P. The number of nitrogens with two attached hydrogens (primary N) is 1. The van der Waals surface area contributed by atoms with Crippen molar-refractivity contribution in [2.75, 3.05) is 26.4 Å². The molecule has 0 fully saturated rings. The minimum absolute atomic E-state index is 0.0393. The number of hydrogen-bond donors (Lipinski definition) is 2. The van der Waals surface area contributed by atoms with Crippen LogP contribution in [0.4, 0.5) is 0 Å². The van der Waals surface area contributed by atoms with Gasteiger partial charge >= 0.3 is 19.8 Å². The van der Waals surface area contributed by atoms with Crippen molar-refractivity contribution < 1.29 is 37.6 Å². The fraction of sp³-hybridized carbons (Fsp3) is 0.667. The van der Waals surface area contributed by atoms with Gasteiger partial charge in [0.05, 0.1) is 13.2 Å². The number of phosphoric ester groups is 1. The molecule has 0 aliphatic heterocycles. The van der Waals surface area contributed by atoms with Crippen molar-refractivity contribution in [2.45, 2.75) is 155 Å². The Morgan fingerprint density at radius 2 is 1.06 bits per heavy atom. The van der Waals surface area contributed by atoms with Crippen LogP contribution in [-0.4, -0.2) is 49.3 Å². The number of unbranched alkanes of at least 4 members (excludes halogenated alkanes) is 11. The van der Waals surface area contributed by atoms with E-state index in [4.69, 9.17) is 24.3 Å². The highest BCUT2D eigenvalue weighted by atomic mass is 31.2. The van der Waals surface area contributed by atoms with E-state index in [2.05, 4.69) is 74.6 Å². The summed E-state index contributed by atoms with van der Waals surface area (Å²) in [4.78, 5) is 34.7. The first-order valence-electron chi connectivity index (χ1n) is 19.9. The molecule has 0 aromatic carbocycles. The predicted octanol–water partition coefficient (Wildman–Crippen LogP) is 11.1. The zero-order chi connectivity index (χ0) is 38.2. The second kappa shape index (κ2) is 38.2. The van der Waals surface area contributed by atoms with Crippen LogP contribution in [0, 0.1) is 0 Å². The Morgan fingerprint density at radius 1 is 0.596 bits per heavy atom. The third-order valence-electron chi connectivity index (χ3n) is 7.87. The van der Waals surface area contributed by atoms with Crippen LogP contribution in [0.5, 0.6) is 0 Å². The second-order valence-electron chi connectivity index (χ2n) is 12.8. The maximum atomic E-state index is 12.5. The molecule has 52 heavy (non-hydrogen) atoms. The summed E-state index contributed by atoms with van der Waals surface area (Å²) in [7, 11) is -4.39. The standard InChI is InChI=1S/C42H72NO8P/c1-3-5-7-9-11-13-15-17-18-19-20-21-22-23-25-27-29-31-33-35-42(45)51-40(39-50-52(46,47)49-37-36-43)38-48-41(44)34-32-30-28-26-24-16-14-12-10-8-6-4-2/h5,7,11,13,17-18,20-21,23,25,29,31,40H,3-4,6,8-10,12,14-16,19,22,24,26-28,30,32-39,43H2,1-2H3,(H,46,47)/t40-/m1/s1. The SMILES string of the molecule is CCC=CCC=CCC=CCC=CCC=CCC=CCCC(=O)O[C@H](COC(=O)CCCCCCCCCCCCCC)COP(=O)(O)OCCN. The summed E-state index contributed by atoms with van der Waals surface area (Å²) in [6.45, 7) is 3.50. The van der Waals surface area contributed by atoms with Crippen molar-refractivity contribution in [1.29, 1.82) is 0 Å². The molecular weight excluding hydrogens is 677 g/mol. The molecule has 0 aliphatic rings. The maximum Gasteiger partial charge on any atom is 0.472 e. The van der Waals surface area contributed by atoms with Gasteiger partial charge in [-0.3, -0.25) is 18.6 Å². The van der Waals surface area contributed by atoms with Crippen molar-refractivity contribution >= 4 is 19.8 Å². The highest BCUT2D eigenvalue weighted by Crippen LogP contribution is 2.43. The largest absolute Gasteiger partial charge is 0.472 e. The molecule has 0 bridgehead atoms. The molecule has 298 valence electrons. The van der Waals surface area contributed by atoms with Crippen LogP contribution in [0.3, 0.4) is 0 Å². The first-order valence-corrected chi connectivity index (χ1v) is 21.4. The predicted molar refractivity (Wildman–Crippen MR) is 215 cm³/mol. The van der Waals surface area contributed by atoms with Crippen LogP contribution < -0.4 is 5.73 Å². The lowest BCUT2D eigenvalue weighted by atomic mass is 10.0. The topological polar surface area (TPSA) is 134 Å². The van der Waals surface area contributed by atoms with Crippen molar-refractivity contribution in [1.82, 2.24) is 0 Å². The minimum Gasteiger partial charge on any atom is -0.462 e. The number of phosphoric acid groups is 1. The number of carbonyl (C=O) groups is 2. The summed E-state index contributed by atoms with van der Waals surface area (Å²) in [6.07, 6.45) is 45.2. The number of rotatable bonds is 36. The van der Waals surface area contributed by atoms with Crippen LogP contribution in [0.1, 0.15) is 149 Å². The Kier molecular flexibility index (Phi) is 36.3. The average molecular weight is 750 g/mol. The van der Waals surface area contributed by atoms with Gasteiger partial charge in [-0.1, -0.05) is 157 Å². The number of allylic oxidation sites excluding steroid dienone is 12. The summed E-state index contributed by atoms with van der Waals surface area (Å²) < 4.78 is 32.6. The Balaban J connectivity index is 4.35. The molecule has 0 saturated carbocycles. The number of carbonyl (C=O) groups excluding carboxylic acids is 2. The zero-order valence-electron chi connectivity index (χ0n) is 32.5. The molecule has 0 spiro atoms. The molecule has 0 aromatic rings. The first kappa shape index (κ1) is 49.5. The lowest BCUT2D eigenvalue weighted by Gasteiger charge is -2.19. The number of esters is 2. The third kappa shape index (κ3) is 37.2. The average Bonchev–Trinajstić information content (AvgIpc) is 3.13. The van der Waals surface area contributed by atoms with Crippen molar-refractivity contribution in [3.63, 3.8) is 0 Å². The van der Waals surface area contributed by atoms with E-state index >= 15 is 0 Å². The van der Waals surface area contributed by atoms with Crippen LogP contribution in [0.25, 0.3) is 0 Å². The number of hydrogen-bond acceptors (Lipinski definition) is 8. The molecule has 3 N–H and O–H groups in total. The van der Waals surface area contributed by atoms with E-state index in [0.29, 0.717) is 6.42 Å². The van der Waals surface area contributed by atoms with Gasteiger partial charge in [0.25, 0.3) is 0 Å². The van der Waals surface area contributed by atoms with E-state index in [-0.39, 0.29) is 32.6 Å². The van der Waals surface area contributed by atoms with Crippen molar-refractivity contribution in [3.8, 4) is 0 Å². The Hall–Kier alpha value is -2.55. The van der Waals surface area contributed by atoms with Gasteiger partial charge in [-0.2, -0.15) is 0 Å². The molecule has 0 aromatic heterocycles. The van der Waals surface area contributed by atoms with Gasteiger partial charge in [-0.05, 0) is 51.4 Å². The van der Waals surface area contributed by atoms with Crippen molar-refractivity contribution in [2.24, 2.45) is 5.73 Å². The van der Waals surface area contributed by atoms with Gasteiger partial charge in [-0.25, -0.2) is 4.57 Å². The second-order valence-corrected chi connectivity index (χ2v) is 14.2. The molecule has 0 aliphatic carbocycles. The number of ether oxygens (including phenoxy) is 2. The Labute approximate surface area is 316 Å². The smallest absolute Gasteiger partial charge is 0.462 e. The van der Waals surface area contributed by atoms with Crippen LogP contribution in [0.15, 0.2) is 72.9 Å². The Morgan fingerprint density at radius 3 is 1.54 bits per heavy atom. The molecule has 0 saturated heterocycles. The first-order chi connectivity index (χ1) is 25.3. The van der Waals surface area contributed by atoms with Crippen molar-refractivity contribution in [3.05, 3.63) is 72.9 Å². The molecule has 0 rings (SSSR count). The molecule has 9 nitrogen and oxygen atoms in total. The minimum atomic E-state index is -4.39. The summed E-state index contributed by atoms with van der Waals surface area (Å²) in [5.74, 6) is -0.932.